The highest BCUT2D eigenvalue weighted by atomic mass is 16.2. The summed E-state index contributed by atoms with van der Waals surface area (Å²) in [6, 6.07) is 3.04. The first kappa shape index (κ1) is 15.2. The maximum atomic E-state index is 12.0. The van der Waals surface area contributed by atoms with Crippen LogP contribution in [-0.2, 0) is 14.1 Å². The zero-order valence-electron chi connectivity index (χ0n) is 12.0. The van der Waals surface area contributed by atoms with E-state index in [-0.39, 0.29) is 11.4 Å². The number of pyridine rings is 1. The minimum atomic E-state index is -0.595. The summed E-state index contributed by atoms with van der Waals surface area (Å²) in [5.74, 6) is -0.492. The lowest BCUT2D eigenvalue weighted by Gasteiger charge is -2.08. The maximum Gasteiger partial charge on any atom is 0.332 e. The van der Waals surface area contributed by atoms with E-state index in [0.29, 0.717) is 5.56 Å². The van der Waals surface area contributed by atoms with Gasteiger partial charge in [0.1, 0.15) is 11.4 Å². The molecular weight excluding hydrogens is 288 g/mol. The molecule has 2 heterocycles. The Hall–Kier alpha value is -3.23. The fraction of sp³-hybridized carbons (Fsp3) is 0.154. The van der Waals surface area contributed by atoms with E-state index in [9.17, 15) is 14.4 Å². The number of amides is 1. The van der Waals surface area contributed by atoms with Crippen LogP contribution < -0.4 is 22.4 Å². The minimum absolute atomic E-state index is 0.0135. The Labute approximate surface area is 124 Å². The molecule has 1 amide bonds. The molecule has 0 aromatic carbocycles. The van der Waals surface area contributed by atoms with Gasteiger partial charge >= 0.3 is 5.69 Å². The molecule has 0 radical (unpaired) electrons. The zero-order chi connectivity index (χ0) is 16.3. The van der Waals surface area contributed by atoms with Crippen molar-refractivity contribution in [2.75, 3.05) is 5.73 Å². The van der Waals surface area contributed by atoms with Gasteiger partial charge in [0.05, 0.1) is 6.21 Å². The van der Waals surface area contributed by atoms with Gasteiger partial charge in [-0.1, -0.05) is 0 Å². The van der Waals surface area contributed by atoms with E-state index in [1.807, 2.05) is 0 Å². The number of hydrazone groups is 1. The van der Waals surface area contributed by atoms with Crippen LogP contribution in [0.15, 0.2) is 39.2 Å². The van der Waals surface area contributed by atoms with Crippen molar-refractivity contribution >= 4 is 17.9 Å². The third kappa shape index (κ3) is 2.77. The fourth-order valence-electron chi connectivity index (χ4n) is 1.73. The molecule has 0 unspecified atom stereocenters. The lowest BCUT2D eigenvalue weighted by Crippen LogP contribution is -2.40. The summed E-state index contributed by atoms with van der Waals surface area (Å²) in [5.41, 5.74) is 7.23. The number of hydrogen-bond acceptors (Lipinski definition) is 6. The van der Waals surface area contributed by atoms with Crippen molar-refractivity contribution in [3.8, 4) is 0 Å². The van der Waals surface area contributed by atoms with Crippen molar-refractivity contribution in [1.29, 1.82) is 0 Å². The Morgan fingerprint density at radius 3 is 2.55 bits per heavy atom. The van der Waals surface area contributed by atoms with Gasteiger partial charge < -0.3 is 5.73 Å². The van der Waals surface area contributed by atoms with Crippen LogP contribution in [0.3, 0.4) is 0 Å². The minimum Gasteiger partial charge on any atom is -0.384 e. The molecule has 0 spiro atoms. The molecule has 3 N–H and O–H groups in total. The molecular formula is C13H14N6O3. The van der Waals surface area contributed by atoms with Crippen molar-refractivity contribution < 1.29 is 4.79 Å². The van der Waals surface area contributed by atoms with Crippen LogP contribution in [0.1, 0.15) is 15.9 Å². The van der Waals surface area contributed by atoms with Crippen molar-refractivity contribution in [1.82, 2.24) is 19.5 Å². The largest absolute Gasteiger partial charge is 0.384 e. The molecule has 2 aromatic rings. The number of hydrogen-bond donors (Lipinski definition) is 2. The van der Waals surface area contributed by atoms with Gasteiger partial charge in [0.2, 0.25) is 0 Å². The maximum absolute atomic E-state index is 12.0. The summed E-state index contributed by atoms with van der Waals surface area (Å²) >= 11 is 0. The highest BCUT2D eigenvalue weighted by Crippen LogP contribution is 1.99. The van der Waals surface area contributed by atoms with E-state index in [1.165, 1.54) is 38.6 Å². The third-order valence-electron chi connectivity index (χ3n) is 3.05. The van der Waals surface area contributed by atoms with Gasteiger partial charge in [-0.2, -0.15) is 5.10 Å². The SMILES string of the molecule is Cn1c(N)c(/C=N\NC(=O)c2ccncc2)c(=O)n(C)c1=O. The number of nitrogens with two attached hydrogens (primary N) is 1. The second kappa shape index (κ2) is 6.04. The van der Waals surface area contributed by atoms with Gasteiger partial charge in [-0.05, 0) is 12.1 Å². The predicted molar refractivity (Wildman–Crippen MR) is 80.6 cm³/mol. The quantitative estimate of drug-likeness (QED) is 0.546. The van der Waals surface area contributed by atoms with Crippen LogP contribution >= 0.6 is 0 Å². The summed E-state index contributed by atoms with van der Waals surface area (Å²) < 4.78 is 2.02. The van der Waals surface area contributed by atoms with E-state index >= 15 is 0 Å². The smallest absolute Gasteiger partial charge is 0.332 e. The van der Waals surface area contributed by atoms with Crippen molar-refractivity contribution in [2.24, 2.45) is 19.2 Å². The first-order valence-electron chi connectivity index (χ1n) is 6.22. The fourth-order valence-corrected chi connectivity index (χ4v) is 1.73. The van der Waals surface area contributed by atoms with Gasteiger partial charge in [-0.15, -0.1) is 0 Å². The molecule has 0 aliphatic heterocycles. The van der Waals surface area contributed by atoms with Gasteiger partial charge in [-0.25, -0.2) is 10.2 Å². The summed E-state index contributed by atoms with van der Waals surface area (Å²) in [6.45, 7) is 0. The molecule has 0 aliphatic rings. The number of rotatable bonds is 3. The van der Waals surface area contributed by atoms with E-state index in [1.54, 1.807) is 0 Å². The second-order valence-corrected chi connectivity index (χ2v) is 4.44. The third-order valence-corrected chi connectivity index (χ3v) is 3.05. The molecule has 0 fully saturated rings. The monoisotopic (exact) mass is 302 g/mol. The molecule has 22 heavy (non-hydrogen) atoms. The van der Waals surface area contributed by atoms with Crippen molar-refractivity contribution in [3.63, 3.8) is 0 Å². The Morgan fingerprint density at radius 2 is 1.91 bits per heavy atom. The van der Waals surface area contributed by atoms with E-state index in [2.05, 4.69) is 15.5 Å². The summed E-state index contributed by atoms with van der Waals surface area (Å²) in [4.78, 5) is 39.2. The lowest BCUT2D eigenvalue weighted by atomic mass is 10.3. The normalized spacial score (nSPS) is 10.8. The van der Waals surface area contributed by atoms with Gasteiger partial charge in [0.25, 0.3) is 11.5 Å². The van der Waals surface area contributed by atoms with E-state index < -0.39 is 17.2 Å². The standard InChI is InChI=1S/C13H14N6O3/c1-18-10(14)9(12(21)19(2)13(18)22)7-16-17-11(20)8-3-5-15-6-4-8/h3-7H,14H2,1-2H3,(H,17,20)/b16-7-. The number of aromatic nitrogens is 3. The second-order valence-electron chi connectivity index (χ2n) is 4.44. The molecule has 0 atom stereocenters. The first-order valence-corrected chi connectivity index (χ1v) is 6.22. The van der Waals surface area contributed by atoms with Crippen LogP contribution in [0.5, 0.6) is 0 Å². The molecule has 114 valence electrons. The molecule has 2 aromatic heterocycles. The van der Waals surface area contributed by atoms with Crippen LogP contribution in [-0.4, -0.2) is 26.2 Å². The molecule has 0 saturated heterocycles. The number of nitrogen functional groups attached to an aromatic ring is 1. The molecule has 0 aliphatic carbocycles. The Bertz CT molecular complexity index is 851. The Kier molecular flexibility index (Phi) is 4.16. The van der Waals surface area contributed by atoms with Crippen LogP contribution in [0, 0.1) is 0 Å². The number of nitrogens with one attached hydrogen (secondary N) is 1. The number of anilines is 1. The highest BCUT2D eigenvalue weighted by Gasteiger charge is 2.11. The van der Waals surface area contributed by atoms with Gasteiger partial charge in [0, 0.05) is 32.1 Å². The van der Waals surface area contributed by atoms with Crippen molar-refractivity contribution in [3.05, 3.63) is 56.5 Å². The van der Waals surface area contributed by atoms with Crippen LogP contribution in [0.25, 0.3) is 0 Å². The average Bonchev–Trinajstić information content (AvgIpc) is 2.55. The zero-order valence-corrected chi connectivity index (χ0v) is 12.0. The molecule has 2 rings (SSSR count). The van der Waals surface area contributed by atoms with Crippen LogP contribution in [0.2, 0.25) is 0 Å². The topological polar surface area (TPSA) is 124 Å². The molecule has 0 saturated carbocycles. The molecule has 9 nitrogen and oxygen atoms in total. The Morgan fingerprint density at radius 1 is 1.27 bits per heavy atom. The average molecular weight is 302 g/mol. The molecule has 0 bridgehead atoms. The summed E-state index contributed by atoms with van der Waals surface area (Å²) in [7, 11) is 2.76. The van der Waals surface area contributed by atoms with Crippen LogP contribution in [0.4, 0.5) is 5.82 Å². The first-order chi connectivity index (χ1) is 10.4. The van der Waals surface area contributed by atoms with E-state index in [0.717, 1.165) is 15.3 Å². The lowest BCUT2D eigenvalue weighted by molar-refractivity contribution is 0.0955. The number of nitrogens with zero attached hydrogens (tertiary/aromatic N) is 4. The van der Waals surface area contributed by atoms with E-state index in [4.69, 9.17) is 5.73 Å². The predicted octanol–water partition coefficient (Wildman–Crippen LogP) is -1.17. The van der Waals surface area contributed by atoms with Gasteiger partial charge in [0.15, 0.2) is 0 Å². The summed E-state index contributed by atoms with van der Waals surface area (Å²) in [5, 5.41) is 3.70. The highest BCUT2D eigenvalue weighted by molar-refractivity contribution is 5.95. The number of carbonyl (C=O) groups is 1. The van der Waals surface area contributed by atoms with Gasteiger partial charge in [-0.3, -0.25) is 23.7 Å². The Balaban J connectivity index is 2.27. The molecule has 9 heteroatoms. The summed E-state index contributed by atoms with van der Waals surface area (Å²) in [6.07, 6.45) is 4.05. The van der Waals surface area contributed by atoms with Crippen molar-refractivity contribution in [2.45, 2.75) is 0 Å². The number of carbonyl (C=O) groups excluding carboxylic acids is 1.